The molecule has 0 radical (unpaired) electrons. The molecule has 0 atom stereocenters. The van der Waals surface area contributed by atoms with Crippen molar-refractivity contribution < 1.29 is 13.2 Å². The number of hydrogen-bond donors (Lipinski definition) is 0. The molecule has 0 heterocycles. The van der Waals surface area contributed by atoms with Crippen molar-refractivity contribution in [2.24, 2.45) is 5.92 Å². The van der Waals surface area contributed by atoms with Gasteiger partial charge in [0.1, 0.15) is 0 Å². The predicted octanol–water partition coefficient (Wildman–Crippen LogP) is 3.64. The Morgan fingerprint density at radius 2 is 2.10 bits per heavy atom. The molecule has 7 heteroatoms. The van der Waals surface area contributed by atoms with Crippen LogP contribution in [0.3, 0.4) is 0 Å². The lowest BCUT2D eigenvalue weighted by atomic mass is 10.2. The number of benzene rings is 1. The Kier molecular flexibility index (Phi) is 5.33. The average Bonchev–Trinajstić information content (AvgIpc) is 3.20. The summed E-state index contributed by atoms with van der Waals surface area (Å²) >= 11 is 3.31. The van der Waals surface area contributed by atoms with Crippen molar-refractivity contribution in [3.8, 4) is 0 Å². The van der Waals surface area contributed by atoms with Gasteiger partial charge in [-0.2, -0.15) is 0 Å². The summed E-state index contributed by atoms with van der Waals surface area (Å²) in [5.41, 5.74) is 0.339. The third-order valence-electron chi connectivity index (χ3n) is 3.41. The normalized spacial score (nSPS) is 15.0. The molecule has 0 unspecified atom stereocenters. The molecule has 0 saturated heterocycles. The van der Waals surface area contributed by atoms with Crippen LogP contribution in [0.2, 0.25) is 0 Å². The first-order chi connectivity index (χ1) is 9.82. The Balaban J connectivity index is 2.31. The molecule has 1 saturated carbocycles. The van der Waals surface area contributed by atoms with Gasteiger partial charge in [0.25, 0.3) is 15.0 Å². The molecule has 1 aliphatic carbocycles. The van der Waals surface area contributed by atoms with Gasteiger partial charge in [-0.1, -0.05) is 6.92 Å². The molecule has 1 fully saturated rings. The number of carbonyl (C=O) groups is 1. The van der Waals surface area contributed by atoms with Crippen molar-refractivity contribution in [3.05, 3.63) is 28.2 Å². The van der Waals surface area contributed by atoms with Gasteiger partial charge >= 0.3 is 0 Å². The molecule has 0 spiro atoms. The van der Waals surface area contributed by atoms with E-state index in [1.54, 1.807) is 11.0 Å². The van der Waals surface area contributed by atoms with Crippen LogP contribution in [0.1, 0.15) is 36.5 Å². The van der Waals surface area contributed by atoms with Gasteiger partial charge in [-0.05, 0) is 59.3 Å². The fourth-order valence-electron chi connectivity index (χ4n) is 2.15. The molecule has 1 amide bonds. The van der Waals surface area contributed by atoms with E-state index in [-0.39, 0.29) is 10.8 Å². The van der Waals surface area contributed by atoms with E-state index in [9.17, 15) is 13.2 Å². The van der Waals surface area contributed by atoms with Crippen LogP contribution >= 0.6 is 26.6 Å². The summed E-state index contributed by atoms with van der Waals surface area (Å²) in [6, 6.07) is 4.27. The first-order valence-electron chi connectivity index (χ1n) is 6.86. The van der Waals surface area contributed by atoms with Crippen molar-refractivity contribution in [2.45, 2.75) is 31.1 Å². The molecule has 0 aliphatic heterocycles. The Hall–Kier alpha value is -0.590. The molecule has 21 heavy (non-hydrogen) atoms. The smallest absolute Gasteiger partial charge is 0.261 e. The van der Waals surface area contributed by atoms with Gasteiger partial charge in [-0.15, -0.1) is 0 Å². The lowest BCUT2D eigenvalue weighted by molar-refractivity contribution is 0.0746. The number of hydrogen-bond acceptors (Lipinski definition) is 3. The summed E-state index contributed by atoms with van der Waals surface area (Å²) in [6.07, 6.45) is 3.18. The zero-order chi connectivity index (χ0) is 15.6. The van der Waals surface area contributed by atoms with Gasteiger partial charge < -0.3 is 4.90 Å². The predicted molar refractivity (Wildman–Crippen MR) is 86.1 cm³/mol. The summed E-state index contributed by atoms with van der Waals surface area (Å²) in [5.74, 6) is 0.428. The van der Waals surface area contributed by atoms with E-state index in [0.717, 1.165) is 25.8 Å². The van der Waals surface area contributed by atoms with Gasteiger partial charge in [-0.3, -0.25) is 4.79 Å². The number of nitrogens with zero attached hydrogens (tertiary/aromatic N) is 1. The zero-order valence-corrected chi connectivity index (χ0v) is 14.8. The zero-order valence-electron chi connectivity index (χ0n) is 11.7. The molecule has 0 bridgehead atoms. The second-order valence-electron chi connectivity index (χ2n) is 5.27. The average molecular weight is 395 g/mol. The lowest BCUT2D eigenvalue weighted by Crippen LogP contribution is -2.34. The highest BCUT2D eigenvalue weighted by atomic mass is 79.9. The quantitative estimate of drug-likeness (QED) is 0.692. The van der Waals surface area contributed by atoms with Gasteiger partial charge in [-0.25, -0.2) is 8.42 Å². The lowest BCUT2D eigenvalue weighted by Gasteiger charge is -2.22. The van der Waals surface area contributed by atoms with E-state index < -0.39 is 9.05 Å². The van der Waals surface area contributed by atoms with Gasteiger partial charge in [0.2, 0.25) is 0 Å². The molecule has 4 nitrogen and oxygen atoms in total. The molecule has 116 valence electrons. The number of rotatable bonds is 6. The maximum absolute atomic E-state index is 12.7. The highest BCUT2D eigenvalue weighted by molar-refractivity contribution is 9.10. The minimum atomic E-state index is -3.84. The van der Waals surface area contributed by atoms with E-state index in [0.29, 0.717) is 22.5 Å². The summed E-state index contributed by atoms with van der Waals surface area (Å²) < 4.78 is 23.4. The highest BCUT2D eigenvalue weighted by Crippen LogP contribution is 2.31. The third-order valence-corrected chi connectivity index (χ3v) is 5.45. The Morgan fingerprint density at radius 3 is 2.62 bits per heavy atom. The van der Waals surface area contributed by atoms with Crippen LogP contribution in [0.15, 0.2) is 27.6 Å². The molecule has 0 aromatic heterocycles. The third kappa shape index (κ3) is 4.44. The molecule has 1 aliphatic rings. The molecule has 2 rings (SSSR count). The van der Waals surface area contributed by atoms with Crippen LogP contribution < -0.4 is 0 Å². The highest BCUT2D eigenvalue weighted by Gasteiger charge is 2.28. The molecule has 0 N–H and O–H groups in total. The second kappa shape index (κ2) is 6.67. The van der Waals surface area contributed by atoms with Gasteiger partial charge in [0.15, 0.2) is 0 Å². The number of halogens is 2. The topological polar surface area (TPSA) is 54.5 Å². The maximum Gasteiger partial charge on any atom is 0.261 e. The minimum Gasteiger partial charge on any atom is -0.338 e. The first kappa shape index (κ1) is 16.8. The van der Waals surface area contributed by atoms with Crippen molar-refractivity contribution in [1.82, 2.24) is 4.90 Å². The molecular formula is C14H17BrClNO3S. The second-order valence-corrected chi connectivity index (χ2v) is 8.69. The number of carbonyl (C=O) groups excluding carboxylic acids is 1. The van der Waals surface area contributed by atoms with E-state index in [1.807, 2.05) is 6.92 Å². The van der Waals surface area contributed by atoms with E-state index in [4.69, 9.17) is 10.7 Å². The van der Waals surface area contributed by atoms with Gasteiger partial charge in [0, 0.05) is 28.2 Å². The van der Waals surface area contributed by atoms with Crippen LogP contribution in [0, 0.1) is 5.92 Å². The van der Waals surface area contributed by atoms with Crippen LogP contribution in [0.4, 0.5) is 0 Å². The minimum absolute atomic E-state index is 0.0569. The van der Waals surface area contributed by atoms with Crippen molar-refractivity contribution in [3.63, 3.8) is 0 Å². The van der Waals surface area contributed by atoms with Crippen LogP contribution in [-0.4, -0.2) is 32.3 Å². The molecule has 1 aromatic rings. The largest absolute Gasteiger partial charge is 0.338 e. The monoisotopic (exact) mass is 393 g/mol. The van der Waals surface area contributed by atoms with Crippen LogP contribution in [-0.2, 0) is 9.05 Å². The Labute approximate surface area is 138 Å². The van der Waals surface area contributed by atoms with Gasteiger partial charge in [0.05, 0.1) is 10.5 Å². The summed E-state index contributed by atoms with van der Waals surface area (Å²) in [6.45, 7) is 3.42. The molecule has 1 aromatic carbocycles. The SMILES string of the molecule is CCCN(CC1CC1)C(=O)c1cc(S(=O)(=O)Cl)ccc1Br. The summed E-state index contributed by atoms with van der Waals surface area (Å²) in [5, 5.41) is 0. The fraction of sp³-hybridized carbons (Fsp3) is 0.500. The van der Waals surface area contributed by atoms with E-state index in [1.165, 1.54) is 12.1 Å². The standard InChI is InChI=1S/C14H17BrClNO3S/c1-2-7-17(9-10-3-4-10)14(18)12-8-11(21(16,19)20)5-6-13(12)15/h5-6,8,10H,2-4,7,9H2,1H3. The Morgan fingerprint density at radius 1 is 1.43 bits per heavy atom. The van der Waals surface area contributed by atoms with Crippen LogP contribution in [0.5, 0.6) is 0 Å². The summed E-state index contributed by atoms with van der Waals surface area (Å²) in [7, 11) is 1.51. The van der Waals surface area contributed by atoms with Crippen molar-refractivity contribution >= 4 is 41.6 Å². The van der Waals surface area contributed by atoms with E-state index >= 15 is 0 Å². The fourth-order valence-corrected chi connectivity index (χ4v) is 3.34. The number of amides is 1. The first-order valence-corrected chi connectivity index (χ1v) is 9.96. The molecular weight excluding hydrogens is 378 g/mol. The Bertz CT molecular complexity index is 644. The maximum atomic E-state index is 12.7. The summed E-state index contributed by atoms with van der Waals surface area (Å²) in [4.78, 5) is 14.4. The van der Waals surface area contributed by atoms with Crippen molar-refractivity contribution in [2.75, 3.05) is 13.1 Å². The van der Waals surface area contributed by atoms with E-state index in [2.05, 4.69) is 15.9 Å². The van der Waals surface area contributed by atoms with Crippen molar-refractivity contribution in [1.29, 1.82) is 0 Å². The van der Waals surface area contributed by atoms with Crippen LogP contribution in [0.25, 0.3) is 0 Å².